The van der Waals surface area contributed by atoms with Crippen LogP contribution in [0.25, 0.3) is 27.8 Å². The molecule has 0 radical (unpaired) electrons. The van der Waals surface area contributed by atoms with Crippen LogP contribution in [0.3, 0.4) is 0 Å². The summed E-state index contributed by atoms with van der Waals surface area (Å²) in [5, 5.41) is 0. The smallest absolute Gasteiger partial charge is 0.227 e. The van der Waals surface area contributed by atoms with Crippen molar-refractivity contribution < 1.29 is 18.3 Å². The summed E-state index contributed by atoms with van der Waals surface area (Å²) in [6.45, 7) is 4.57. The molecule has 0 bridgehead atoms. The Balaban J connectivity index is 1.32. The van der Waals surface area contributed by atoms with Gasteiger partial charge in [0.15, 0.2) is 0 Å². The normalized spacial score (nSPS) is 18.5. The summed E-state index contributed by atoms with van der Waals surface area (Å²) in [6.07, 6.45) is 13.1. The molecule has 0 saturated carbocycles. The number of ether oxygens (including phenoxy) is 2. The Kier molecular flexibility index (Phi) is 12.5. The third-order valence-corrected chi connectivity index (χ3v) is 8.03. The first-order valence-corrected chi connectivity index (χ1v) is 15.8. The molecule has 2 nitrogen and oxygen atoms in total. The summed E-state index contributed by atoms with van der Waals surface area (Å²) >= 11 is 0. The van der Waals surface area contributed by atoms with E-state index in [0.717, 1.165) is 36.0 Å². The van der Waals surface area contributed by atoms with E-state index in [4.69, 9.17) is 9.47 Å². The largest absolute Gasteiger partial charge is 0.344 e. The van der Waals surface area contributed by atoms with Crippen LogP contribution in [0.1, 0.15) is 83.6 Å². The first-order chi connectivity index (χ1) is 20.6. The van der Waals surface area contributed by atoms with Gasteiger partial charge in [-0.1, -0.05) is 150 Å². The highest BCUT2D eigenvalue weighted by Gasteiger charge is 2.45. The molecule has 3 aromatic rings. The Bertz CT molecular complexity index is 1260. The number of allylic oxidation sites excluding steroid dienone is 2. The van der Waals surface area contributed by atoms with Crippen LogP contribution in [-0.2, 0) is 9.47 Å². The van der Waals surface area contributed by atoms with Crippen LogP contribution in [0, 0.1) is 0 Å². The number of alkyl halides is 1. The molecule has 0 amide bonds. The van der Waals surface area contributed by atoms with Crippen LogP contribution >= 0.6 is 0 Å². The Morgan fingerprint density at radius 2 is 1.07 bits per heavy atom. The molecule has 0 spiro atoms. The average molecular weight is 573 g/mol. The SMILES string of the molecule is CCCCCCCCCCCCOC1(OCC)C=CC(c2ccc(-c3ccc(-c4ccccc4)cc3)cc2)=C(F)C1F. The lowest BCUT2D eigenvalue weighted by atomic mass is 9.92. The zero-order chi connectivity index (χ0) is 29.6. The van der Waals surface area contributed by atoms with Crippen molar-refractivity contribution in [3.63, 3.8) is 0 Å². The minimum Gasteiger partial charge on any atom is -0.344 e. The summed E-state index contributed by atoms with van der Waals surface area (Å²) in [5.41, 5.74) is 5.25. The number of benzene rings is 3. The van der Waals surface area contributed by atoms with Gasteiger partial charge in [-0.3, -0.25) is 0 Å². The lowest BCUT2D eigenvalue weighted by molar-refractivity contribution is -0.232. The molecular weight excluding hydrogens is 526 g/mol. The first-order valence-electron chi connectivity index (χ1n) is 15.8. The van der Waals surface area contributed by atoms with Crippen LogP contribution in [0.15, 0.2) is 96.8 Å². The quantitative estimate of drug-likeness (QED) is 0.118. The van der Waals surface area contributed by atoms with Crippen LogP contribution in [0.2, 0.25) is 0 Å². The van der Waals surface area contributed by atoms with E-state index in [1.165, 1.54) is 50.5 Å². The highest BCUT2D eigenvalue weighted by Crippen LogP contribution is 2.39. The van der Waals surface area contributed by atoms with Gasteiger partial charge in [0.1, 0.15) is 5.83 Å². The monoisotopic (exact) mass is 572 g/mol. The molecule has 42 heavy (non-hydrogen) atoms. The average Bonchev–Trinajstić information content (AvgIpc) is 3.03. The minimum atomic E-state index is -2.02. The molecule has 0 N–H and O–H groups in total. The Hall–Kier alpha value is -3.08. The molecule has 0 aromatic heterocycles. The zero-order valence-corrected chi connectivity index (χ0v) is 25.3. The number of hydrogen-bond donors (Lipinski definition) is 0. The van der Waals surface area contributed by atoms with Crippen molar-refractivity contribution in [2.45, 2.75) is 90.0 Å². The van der Waals surface area contributed by atoms with Gasteiger partial charge in [-0.05, 0) is 47.2 Å². The third-order valence-electron chi connectivity index (χ3n) is 8.03. The van der Waals surface area contributed by atoms with Gasteiger partial charge in [0.25, 0.3) is 0 Å². The lowest BCUT2D eigenvalue weighted by Gasteiger charge is -2.35. The van der Waals surface area contributed by atoms with E-state index in [1.807, 2.05) is 42.5 Å². The molecule has 224 valence electrons. The number of hydrogen-bond acceptors (Lipinski definition) is 2. The lowest BCUT2D eigenvalue weighted by Crippen LogP contribution is -2.46. The molecule has 2 atom stereocenters. The molecule has 0 heterocycles. The summed E-state index contributed by atoms with van der Waals surface area (Å²) in [6, 6.07) is 26.2. The van der Waals surface area contributed by atoms with Crippen molar-refractivity contribution in [3.05, 3.63) is 102 Å². The molecule has 3 aromatic carbocycles. The molecule has 0 aliphatic heterocycles. The summed E-state index contributed by atoms with van der Waals surface area (Å²) in [5.74, 6) is -2.57. The molecule has 1 aliphatic carbocycles. The zero-order valence-electron chi connectivity index (χ0n) is 25.3. The van der Waals surface area contributed by atoms with E-state index in [9.17, 15) is 0 Å². The molecule has 0 fully saturated rings. The fraction of sp³-hybridized carbons (Fsp3) is 0.421. The van der Waals surface area contributed by atoms with Gasteiger partial charge in [-0.25, -0.2) is 8.78 Å². The van der Waals surface area contributed by atoms with Crippen molar-refractivity contribution in [2.75, 3.05) is 13.2 Å². The van der Waals surface area contributed by atoms with E-state index < -0.39 is 17.8 Å². The Morgan fingerprint density at radius 1 is 0.595 bits per heavy atom. The van der Waals surface area contributed by atoms with Crippen LogP contribution < -0.4 is 0 Å². The predicted octanol–water partition coefficient (Wildman–Crippen LogP) is 11.3. The van der Waals surface area contributed by atoms with E-state index in [-0.39, 0.29) is 12.2 Å². The summed E-state index contributed by atoms with van der Waals surface area (Å²) in [7, 11) is 0. The fourth-order valence-electron chi connectivity index (χ4n) is 5.57. The molecule has 0 saturated heterocycles. The molecular formula is C38H46F2O2. The van der Waals surface area contributed by atoms with E-state index >= 15 is 8.78 Å². The number of rotatable bonds is 17. The maximum atomic E-state index is 15.6. The van der Waals surface area contributed by atoms with Crippen molar-refractivity contribution in [2.24, 2.45) is 0 Å². The van der Waals surface area contributed by atoms with E-state index in [2.05, 4.69) is 43.3 Å². The second-order valence-electron chi connectivity index (χ2n) is 11.2. The predicted molar refractivity (Wildman–Crippen MR) is 172 cm³/mol. The van der Waals surface area contributed by atoms with Crippen LogP contribution in [-0.4, -0.2) is 25.2 Å². The van der Waals surface area contributed by atoms with Gasteiger partial charge >= 0.3 is 0 Å². The number of unbranched alkanes of at least 4 members (excludes halogenated alkanes) is 9. The molecule has 2 unspecified atom stereocenters. The highest BCUT2D eigenvalue weighted by molar-refractivity contribution is 5.79. The first kappa shape index (κ1) is 31.8. The van der Waals surface area contributed by atoms with Crippen LogP contribution in [0.4, 0.5) is 8.78 Å². The maximum absolute atomic E-state index is 15.6. The third kappa shape index (κ3) is 8.49. The maximum Gasteiger partial charge on any atom is 0.227 e. The van der Waals surface area contributed by atoms with Gasteiger partial charge in [0.2, 0.25) is 12.0 Å². The molecule has 4 rings (SSSR count). The Morgan fingerprint density at radius 3 is 1.60 bits per heavy atom. The van der Waals surface area contributed by atoms with Gasteiger partial charge in [0, 0.05) is 12.2 Å². The standard InChI is InChI=1S/C38H46F2O2/c1-3-5-6-7-8-9-10-11-12-16-29-42-38(41-4-2)28-27-35(36(39)37(38)40)34-25-23-33(24-26-34)32-21-19-31(20-22-32)30-17-14-13-15-18-30/h13-15,17-28,37H,3-12,16,29H2,1-2H3. The van der Waals surface area contributed by atoms with Gasteiger partial charge in [0.05, 0.1) is 6.61 Å². The van der Waals surface area contributed by atoms with Gasteiger partial charge in [-0.2, -0.15) is 0 Å². The summed E-state index contributed by atoms with van der Waals surface area (Å²) < 4.78 is 42.7. The van der Waals surface area contributed by atoms with Crippen molar-refractivity contribution in [3.8, 4) is 22.3 Å². The highest BCUT2D eigenvalue weighted by atomic mass is 19.2. The number of halogens is 2. The van der Waals surface area contributed by atoms with Gasteiger partial charge < -0.3 is 9.47 Å². The fourth-order valence-corrected chi connectivity index (χ4v) is 5.57. The van der Waals surface area contributed by atoms with Crippen LogP contribution in [0.5, 0.6) is 0 Å². The van der Waals surface area contributed by atoms with Gasteiger partial charge in [-0.15, -0.1) is 0 Å². The topological polar surface area (TPSA) is 18.5 Å². The minimum absolute atomic E-state index is 0.225. The van der Waals surface area contributed by atoms with Crippen molar-refractivity contribution in [1.29, 1.82) is 0 Å². The molecule has 1 aliphatic rings. The van der Waals surface area contributed by atoms with Crippen molar-refractivity contribution in [1.82, 2.24) is 0 Å². The Labute approximate surface area is 251 Å². The summed E-state index contributed by atoms with van der Waals surface area (Å²) in [4.78, 5) is 0. The second-order valence-corrected chi connectivity index (χ2v) is 11.2. The van der Waals surface area contributed by atoms with Crippen molar-refractivity contribution >= 4 is 5.57 Å². The molecule has 4 heteroatoms. The van der Waals surface area contributed by atoms with E-state index in [0.29, 0.717) is 12.2 Å². The van der Waals surface area contributed by atoms with E-state index in [1.54, 1.807) is 19.1 Å². The second kappa shape index (κ2) is 16.5.